The number of halogens is 1. The fourth-order valence-corrected chi connectivity index (χ4v) is 8.60. The highest BCUT2D eigenvalue weighted by Crippen LogP contribution is 2.32. The molecule has 3 aliphatic rings. The third-order valence-electron chi connectivity index (χ3n) is 7.58. The summed E-state index contributed by atoms with van der Waals surface area (Å²) in [5.41, 5.74) is 0.510. The van der Waals surface area contributed by atoms with Crippen LogP contribution < -0.4 is 0 Å². The Morgan fingerprint density at radius 2 is 1.89 bits per heavy atom. The van der Waals surface area contributed by atoms with Crippen LogP contribution in [0.15, 0.2) is 22.4 Å². The molecule has 196 valence electrons. The zero-order valence-electron chi connectivity index (χ0n) is 20.4. The second-order valence-electron chi connectivity index (χ2n) is 9.91. The van der Waals surface area contributed by atoms with E-state index in [0.29, 0.717) is 34.8 Å². The van der Waals surface area contributed by atoms with E-state index in [1.54, 1.807) is 17.0 Å². The molecule has 0 N–H and O–H groups in total. The van der Waals surface area contributed by atoms with Gasteiger partial charge in [0.1, 0.15) is 15.4 Å². The number of sulfonamides is 1. The molecule has 0 spiro atoms. The van der Waals surface area contributed by atoms with Crippen LogP contribution in [0.1, 0.15) is 38.5 Å². The van der Waals surface area contributed by atoms with Crippen molar-refractivity contribution >= 4 is 55.0 Å². The van der Waals surface area contributed by atoms with E-state index < -0.39 is 16.1 Å². The lowest BCUT2D eigenvalue weighted by atomic mass is 10.0. The first kappa shape index (κ1) is 25.8. The van der Waals surface area contributed by atoms with Crippen LogP contribution in [0.3, 0.4) is 0 Å². The topological polar surface area (TPSA) is 94.1 Å². The van der Waals surface area contributed by atoms with Gasteiger partial charge in [0.15, 0.2) is 0 Å². The number of amides is 2. The predicted molar refractivity (Wildman–Crippen MR) is 140 cm³/mol. The molecule has 5 rings (SSSR count). The maximum Gasteiger partial charge on any atom is 0.253 e. The number of hydrogen-bond acceptors (Lipinski definition) is 7. The Kier molecular flexibility index (Phi) is 7.56. The second-order valence-corrected chi connectivity index (χ2v) is 13.6. The van der Waals surface area contributed by atoms with Crippen molar-refractivity contribution in [2.75, 3.05) is 46.3 Å². The van der Waals surface area contributed by atoms with Crippen LogP contribution in [0.2, 0.25) is 5.15 Å². The number of hydrogen-bond donors (Lipinski definition) is 0. The minimum absolute atomic E-state index is 0.00499. The number of carbonyl (C=O) groups is 2. The molecule has 12 heteroatoms. The Morgan fingerprint density at radius 1 is 1.14 bits per heavy atom. The van der Waals surface area contributed by atoms with Crippen molar-refractivity contribution in [2.24, 2.45) is 0 Å². The molecule has 3 saturated heterocycles. The Bertz CT molecular complexity index is 1250. The van der Waals surface area contributed by atoms with E-state index in [1.165, 1.54) is 26.0 Å². The number of aromatic nitrogens is 1. The van der Waals surface area contributed by atoms with Crippen LogP contribution in [0.4, 0.5) is 0 Å². The number of carbonyl (C=O) groups excluding carboxylic acids is 2. The van der Waals surface area contributed by atoms with E-state index in [2.05, 4.69) is 9.88 Å². The number of nitrogens with zero attached hydrogens (tertiary/aromatic N) is 5. The van der Waals surface area contributed by atoms with Crippen molar-refractivity contribution in [3.05, 3.63) is 23.4 Å². The van der Waals surface area contributed by atoms with E-state index in [1.807, 2.05) is 4.90 Å². The average molecular weight is 554 g/mol. The maximum absolute atomic E-state index is 13.4. The fourth-order valence-electron chi connectivity index (χ4n) is 5.60. The largest absolute Gasteiger partial charge is 0.337 e. The quantitative estimate of drug-likeness (QED) is 0.489. The van der Waals surface area contributed by atoms with Crippen molar-refractivity contribution in [1.29, 1.82) is 0 Å². The van der Waals surface area contributed by atoms with Gasteiger partial charge in [0.2, 0.25) is 11.8 Å². The maximum atomic E-state index is 13.4. The lowest BCUT2D eigenvalue weighted by molar-refractivity contribution is -0.145. The smallest absolute Gasteiger partial charge is 0.253 e. The number of likely N-dealkylation sites (N-methyl/N-ethyl adjacent to an activating group) is 1. The average Bonchev–Trinajstić information content (AvgIpc) is 3.61. The molecule has 0 aromatic carbocycles. The van der Waals surface area contributed by atoms with Gasteiger partial charge in [-0.2, -0.15) is 4.31 Å². The third kappa shape index (κ3) is 5.13. The van der Waals surface area contributed by atoms with Gasteiger partial charge in [0, 0.05) is 32.7 Å². The van der Waals surface area contributed by atoms with Crippen LogP contribution in [0.5, 0.6) is 0 Å². The normalized spacial score (nSPS) is 23.9. The Labute approximate surface area is 221 Å². The summed E-state index contributed by atoms with van der Waals surface area (Å²) < 4.78 is 28.8. The SMILES string of the molecule is CN(C1CCCN(CC(=O)N2CCCC2CN2CCCC2)C1=O)S(=O)(=O)c1cc2nc(Cl)ccc2s1. The Hall–Kier alpha value is -1.79. The van der Waals surface area contributed by atoms with Crippen LogP contribution in [-0.2, 0) is 19.6 Å². The van der Waals surface area contributed by atoms with Gasteiger partial charge in [-0.05, 0) is 69.8 Å². The molecule has 2 aromatic rings. The number of rotatable bonds is 7. The molecule has 9 nitrogen and oxygen atoms in total. The molecule has 2 unspecified atom stereocenters. The van der Waals surface area contributed by atoms with Crippen molar-refractivity contribution in [3.63, 3.8) is 0 Å². The minimum atomic E-state index is -3.92. The van der Waals surface area contributed by atoms with Crippen molar-refractivity contribution in [3.8, 4) is 0 Å². The summed E-state index contributed by atoms with van der Waals surface area (Å²) in [7, 11) is -2.47. The number of fused-ring (bicyclic) bond motifs is 1. The van der Waals surface area contributed by atoms with Gasteiger partial charge >= 0.3 is 0 Å². The highest BCUT2D eigenvalue weighted by molar-refractivity contribution is 7.91. The summed E-state index contributed by atoms with van der Waals surface area (Å²) >= 11 is 7.06. The molecule has 3 aliphatic heterocycles. The molecule has 36 heavy (non-hydrogen) atoms. The Balaban J connectivity index is 1.26. The highest BCUT2D eigenvalue weighted by atomic mass is 35.5. The van der Waals surface area contributed by atoms with E-state index in [0.717, 1.165) is 54.7 Å². The number of likely N-dealkylation sites (tertiary alicyclic amines) is 3. The third-order valence-corrected chi connectivity index (χ3v) is 11.2. The zero-order valence-corrected chi connectivity index (χ0v) is 22.8. The predicted octanol–water partition coefficient (Wildman–Crippen LogP) is 2.65. The lowest BCUT2D eigenvalue weighted by Crippen LogP contribution is -2.55. The standard InChI is InChI=1S/C24H32ClN5O4S2/c1-27(36(33,34)23-14-18-20(35-23)8-9-21(25)26-18)19-7-5-12-29(24(19)32)16-22(31)30-13-4-6-17(30)15-28-10-2-3-11-28/h8-9,14,17,19H,2-7,10-13,15-16H2,1H3. The fraction of sp³-hybridized carbons (Fsp3) is 0.625. The molecule has 3 fully saturated rings. The highest BCUT2D eigenvalue weighted by Gasteiger charge is 2.40. The summed E-state index contributed by atoms with van der Waals surface area (Å²) in [4.78, 5) is 36.7. The van der Waals surface area contributed by atoms with Crippen molar-refractivity contribution in [2.45, 2.75) is 54.8 Å². The van der Waals surface area contributed by atoms with Gasteiger partial charge in [-0.1, -0.05) is 11.6 Å². The van der Waals surface area contributed by atoms with Crippen LogP contribution in [0, 0.1) is 0 Å². The molecular weight excluding hydrogens is 522 g/mol. The molecule has 2 atom stereocenters. The van der Waals surface area contributed by atoms with Gasteiger partial charge in [-0.15, -0.1) is 11.3 Å². The van der Waals surface area contributed by atoms with Gasteiger partial charge in [-0.3, -0.25) is 9.59 Å². The molecular formula is C24H32ClN5O4S2. The molecule has 0 radical (unpaired) electrons. The molecule has 0 bridgehead atoms. The minimum Gasteiger partial charge on any atom is -0.337 e. The molecule has 0 saturated carbocycles. The first-order chi connectivity index (χ1) is 17.2. The van der Waals surface area contributed by atoms with Gasteiger partial charge in [0.25, 0.3) is 10.0 Å². The first-order valence-corrected chi connectivity index (χ1v) is 15.2. The van der Waals surface area contributed by atoms with E-state index in [4.69, 9.17) is 11.6 Å². The summed E-state index contributed by atoms with van der Waals surface area (Å²) in [6.45, 7) is 4.28. The monoisotopic (exact) mass is 553 g/mol. The number of pyridine rings is 1. The Morgan fingerprint density at radius 3 is 2.67 bits per heavy atom. The van der Waals surface area contributed by atoms with Gasteiger partial charge in [0.05, 0.1) is 16.8 Å². The van der Waals surface area contributed by atoms with Crippen LogP contribution >= 0.6 is 22.9 Å². The summed E-state index contributed by atoms with van der Waals surface area (Å²) in [6, 6.07) is 4.22. The summed E-state index contributed by atoms with van der Waals surface area (Å²) in [5.74, 6) is -0.345. The van der Waals surface area contributed by atoms with Crippen molar-refractivity contribution < 1.29 is 18.0 Å². The van der Waals surface area contributed by atoms with Gasteiger partial charge < -0.3 is 14.7 Å². The van der Waals surface area contributed by atoms with Crippen LogP contribution in [-0.4, -0.2) is 103 Å². The number of piperidine rings is 1. The van der Waals surface area contributed by atoms with E-state index >= 15 is 0 Å². The zero-order chi connectivity index (χ0) is 25.4. The second kappa shape index (κ2) is 10.5. The van der Waals surface area contributed by atoms with E-state index in [9.17, 15) is 18.0 Å². The van der Waals surface area contributed by atoms with E-state index in [-0.39, 0.29) is 28.6 Å². The molecule has 2 amide bonds. The molecule has 5 heterocycles. The number of thiophene rings is 1. The van der Waals surface area contributed by atoms with Gasteiger partial charge in [-0.25, -0.2) is 13.4 Å². The molecule has 0 aliphatic carbocycles. The lowest BCUT2D eigenvalue weighted by Gasteiger charge is -2.37. The summed E-state index contributed by atoms with van der Waals surface area (Å²) in [5, 5.41) is 0.293. The van der Waals surface area contributed by atoms with Crippen molar-refractivity contribution in [1.82, 2.24) is 24.0 Å². The van der Waals surface area contributed by atoms with Crippen LogP contribution in [0.25, 0.3) is 10.2 Å². The molecule has 2 aromatic heterocycles. The first-order valence-electron chi connectivity index (χ1n) is 12.6. The summed E-state index contributed by atoms with van der Waals surface area (Å²) in [6.07, 6.45) is 5.48.